The van der Waals surface area contributed by atoms with Crippen LogP contribution in [-0.2, 0) is 4.74 Å². The molecule has 1 atom stereocenters. The molecule has 0 radical (unpaired) electrons. The van der Waals surface area contributed by atoms with Crippen LogP contribution >= 0.6 is 11.3 Å². The van der Waals surface area contributed by atoms with E-state index in [4.69, 9.17) is 4.74 Å². The average molecular weight is 446 g/mol. The van der Waals surface area contributed by atoms with Crippen molar-refractivity contribution in [1.29, 1.82) is 0 Å². The van der Waals surface area contributed by atoms with Crippen LogP contribution in [0, 0.1) is 5.92 Å². The number of alkyl carbamates (subject to hydrolysis) is 1. The van der Waals surface area contributed by atoms with Crippen LogP contribution in [0.2, 0.25) is 0 Å². The number of pyridine rings is 1. The number of hydrogen-bond acceptors (Lipinski definition) is 6. The Bertz CT molecular complexity index is 860. The van der Waals surface area contributed by atoms with Crippen molar-refractivity contribution in [1.82, 2.24) is 20.6 Å². The van der Waals surface area contributed by atoms with E-state index in [0.29, 0.717) is 17.6 Å². The number of carbonyl (C=O) groups excluding carboxylic acids is 2. The predicted octanol–water partition coefficient (Wildman–Crippen LogP) is 4.80. The molecule has 2 aromatic heterocycles. The first kappa shape index (κ1) is 23.0. The minimum Gasteiger partial charge on any atom is -0.444 e. The lowest BCUT2D eigenvalue weighted by Crippen LogP contribution is -2.50. The molecule has 31 heavy (non-hydrogen) atoms. The summed E-state index contributed by atoms with van der Waals surface area (Å²) < 4.78 is 5.33. The number of carbonyl (C=O) groups is 2. The zero-order chi connectivity index (χ0) is 22.3. The van der Waals surface area contributed by atoms with E-state index in [1.54, 1.807) is 12.4 Å². The molecule has 1 aliphatic carbocycles. The molecule has 9 heteroatoms. The average Bonchev–Trinajstić information content (AvgIpc) is 3.19. The third kappa shape index (κ3) is 7.50. The summed E-state index contributed by atoms with van der Waals surface area (Å²) in [5.74, 6) is 0.316. The molecule has 1 fully saturated rings. The molecule has 0 bridgehead atoms. The van der Waals surface area contributed by atoms with Crippen LogP contribution in [0.5, 0.6) is 0 Å². The monoisotopic (exact) mass is 445 g/mol. The summed E-state index contributed by atoms with van der Waals surface area (Å²) in [5, 5.41) is 11.1. The molecule has 8 nitrogen and oxygen atoms in total. The summed E-state index contributed by atoms with van der Waals surface area (Å²) >= 11 is 1.36. The minimum absolute atomic E-state index is 0.175. The SMILES string of the molecule is CC(C)(C)OC(=O)NC[C@H](NC(=O)Nc1nc(-c2cccnc2)cs1)C1CCCCC1. The highest BCUT2D eigenvalue weighted by Crippen LogP contribution is 2.27. The van der Waals surface area contributed by atoms with Crippen molar-refractivity contribution in [2.75, 3.05) is 11.9 Å². The van der Waals surface area contributed by atoms with Crippen molar-refractivity contribution in [3.8, 4) is 11.3 Å². The maximum atomic E-state index is 12.7. The van der Waals surface area contributed by atoms with Crippen LogP contribution in [-0.4, -0.2) is 40.3 Å². The van der Waals surface area contributed by atoms with Crippen molar-refractivity contribution in [3.63, 3.8) is 0 Å². The highest BCUT2D eigenvalue weighted by atomic mass is 32.1. The Labute approximate surface area is 187 Å². The van der Waals surface area contributed by atoms with E-state index >= 15 is 0 Å². The van der Waals surface area contributed by atoms with Gasteiger partial charge in [-0.2, -0.15) is 0 Å². The maximum absolute atomic E-state index is 12.7. The van der Waals surface area contributed by atoms with Crippen LogP contribution < -0.4 is 16.0 Å². The molecule has 168 valence electrons. The molecule has 3 rings (SSSR count). The molecular weight excluding hydrogens is 414 g/mol. The second kappa shape index (κ2) is 10.6. The molecule has 2 heterocycles. The lowest BCUT2D eigenvalue weighted by molar-refractivity contribution is 0.0516. The first-order chi connectivity index (χ1) is 14.8. The van der Waals surface area contributed by atoms with Crippen molar-refractivity contribution < 1.29 is 14.3 Å². The maximum Gasteiger partial charge on any atom is 0.407 e. The molecule has 3 amide bonds. The molecule has 0 aromatic carbocycles. The predicted molar refractivity (Wildman–Crippen MR) is 122 cm³/mol. The Hall–Kier alpha value is -2.68. The minimum atomic E-state index is -0.563. The number of urea groups is 1. The number of amides is 3. The summed E-state index contributed by atoms with van der Waals surface area (Å²) in [5.41, 5.74) is 1.10. The number of hydrogen-bond donors (Lipinski definition) is 3. The number of rotatable bonds is 6. The standard InChI is InChI=1S/C22H31N5O3S/c1-22(2,3)30-21(29)24-13-17(15-8-5-4-6-9-15)25-19(28)27-20-26-18(14-31-20)16-10-7-11-23-12-16/h7,10-12,14-15,17H,4-6,8-9,13H2,1-3H3,(H,24,29)(H2,25,26,27,28)/t17-/m0/s1. The molecule has 0 spiro atoms. The van der Waals surface area contributed by atoms with Gasteiger partial charge in [0.25, 0.3) is 0 Å². The van der Waals surface area contributed by atoms with Gasteiger partial charge in [0, 0.05) is 29.9 Å². The van der Waals surface area contributed by atoms with E-state index in [1.165, 1.54) is 17.8 Å². The Morgan fingerprint density at radius 3 is 2.71 bits per heavy atom. The Morgan fingerprint density at radius 2 is 2.03 bits per heavy atom. The third-order valence-electron chi connectivity index (χ3n) is 5.08. The zero-order valence-corrected chi connectivity index (χ0v) is 19.1. The Morgan fingerprint density at radius 1 is 1.26 bits per heavy atom. The largest absolute Gasteiger partial charge is 0.444 e. The highest BCUT2D eigenvalue weighted by Gasteiger charge is 2.27. The first-order valence-electron chi connectivity index (χ1n) is 10.7. The van der Waals surface area contributed by atoms with Gasteiger partial charge in [0.1, 0.15) is 5.60 Å². The normalized spacial score (nSPS) is 15.7. The van der Waals surface area contributed by atoms with Crippen molar-refractivity contribution in [2.24, 2.45) is 5.92 Å². The lowest BCUT2D eigenvalue weighted by Gasteiger charge is -2.31. The summed E-state index contributed by atoms with van der Waals surface area (Å²) in [7, 11) is 0. The van der Waals surface area contributed by atoms with E-state index < -0.39 is 11.7 Å². The number of nitrogens with one attached hydrogen (secondary N) is 3. The van der Waals surface area contributed by atoms with Crippen LogP contribution in [0.3, 0.4) is 0 Å². The fourth-order valence-corrected chi connectivity index (χ4v) is 4.37. The molecule has 0 unspecified atom stereocenters. The van der Waals surface area contributed by atoms with Gasteiger partial charge < -0.3 is 15.4 Å². The van der Waals surface area contributed by atoms with Crippen molar-refractivity contribution in [2.45, 2.75) is 64.5 Å². The molecule has 0 aliphatic heterocycles. The topological polar surface area (TPSA) is 105 Å². The van der Waals surface area contributed by atoms with Gasteiger partial charge >= 0.3 is 12.1 Å². The number of thiazole rings is 1. The molecule has 3 N–H and O–H groups in total. The summed E-state index contributed by atoms with van der Waals surface area (Å²) in [6, 6.07) is 3.27. The Kier molecular flexibility index (Phi) is 7.84. The number of anilines is 1. The highest BCUT2D eigenvalue weighted by molar-refractivity contribution is 7.14. The molecule has 0 saturated heterocycles. The summed E-state index contributed by atoms with van der Waals surface area (Å²) in [4.78, 5) is 33.3. The van der Waals surface area contributed by atoms with Crippen LogP contribution in [0.1, 0.15) is 52.9 Å². The molecule has 1 aliphatic rings. The zero-order valence-electron chi connectivity index (χ0n) is 18.3. The quantitative estimate of drug-likeness (QED) is 0.592. The van der Waals surface area contributed by atoms with Gasteiger partial charge in [0.15, 0.2) is 5.13 Å². The number of ether oxygens (including phenoxy) is 1. The van der Waals surface area contributed by atoms with Gasteiger partial charge in [0.2, 0.25) is 0 Å². The second-order valence-corrected chi connectivity index (χ2v) is 9.62. The summed E-state index contributed by atoms with van der Waals surface area (Å²) in [6.07, 6.45) is 8.52. The molecule has 1 saturated carbocycles. The van der Waals surface area contributed by atoms with Gasteiger partial charge in [-0.15, -0.1) is 11.3 Å². The second-order valence-electron chi connectivity index (χ2n) is 8.77. The number of nitrogens with zero attached hydrogens (tertiary/aromatic N) is 2. The van der Waals surface area contributed by atoms with E-state index in [-0.39, 0.29) is 12.1 Å². The summed E-state index contributed by atoms with van der Waals surface area (Å²) in [6.45, 7) is 5.80. The molecule has 2 aromatic rings. The van der Waals surface area contributed by atoms with Gasteiger partial charge in [-0.3, -0.25) is 10.3 Å². The van der Waals surface area contributed by atoms with Crippen LogP contribution in [0.4, 0.5) is 14.7 Å². The van der Waals surface area contributed by atoms with Crippen molar-refractivity contribution >= 4 is 28.6 Å². The van der Waals surface area contributed by atoms with E-state index in [2.05, 4.69) is 25.9 Å². The third-order valence-corrected chi connectivity index (χ3v) is 5.84. The lowest BCUT2D eigenvalue weighted by atomic mass is 9.84. The first-order valence-corrected chi connectivity index (χ1v) is 11.6. The fourth-order valence-electron chi connectivity index (χ4n) is 3.66. The smallest absolute Gasteiger partial charge is 0.407 e. The van der Waals surface area contributed by atoms with Gasteiger partial charge in [0.05, 0.1) is 11.7 Å². The van der Waals surface area contributed by atoms with E-state index in [9.17, 15) is 9.59 Å². The number of aromatic nitrogens is 2. The van der Waals surface area contributed by atoms with Gasteiger partial charge in [-0.05, 0) is 51.7 Å². The van der Waals surface area contributed by atoms with Crippen LogP contribution in [0.25, 0.3) is 11.3 Å². The molecular formula is C22H31N5O3S. The van der Waals surface area contributed by atoms with Crippen LogP contribution in [0.15, 0.2) is 29.9 Å². The van der Waals surface area contributed by atoms with E-state index in [1.807, 2.05) is 38.3 Å². The fraction of sp³-hybridized carbons (Fsp3) is 0.545. The Balaban J connectivity index is 1.58. The van der Waals surface area contributed by atoms with E-state index in [0.717, 1.165) is 36.9 Å². The van der Waals surface area contributed by atoms with Gasteiger partial charge in [-0.1, -0.05) is 19.3 Å². The van der Waals surface area contributed by atoms with Crippen molar-refractivity contribution in [3.05, 3.63) is 29.9 Å². The van der Waals surface area contributed by atoms with Gasteiger partial charge in [-0.25, -0.2) is 14.6 Å².